The van der Waals surface area contributed by atoms with E-state index in [1.807, 2.05) is 0 Å². The summed E-state index contributed by atoms with van der Waals surface area (Å²) in [7, 11) is -9.20. The molecule has 0 saturated carbocycles. The standard InChI is InChI=1S/C6H10N2O7P2S/c7-15-3-8-2-5-4(16(9,10)11)1-6(18-5)17(12,13)14/h1,3H,2,7H2,(H2,9,10,11)(H2,12,13,14). The molecule has 102 valence electrons. The van der Waals surface area contributed by atoms with Gasteiger partial charge >= 0.3 is 15.2 Å². The van der Waals surface area contributed by atoms with Crippen LogP contribution in [-0.4, -0.2) is 26.0 Å². The molecule has 0 atom stereocenters. The molecule has 0 aliphatic carbocycles. The first kappa shape index (κ1) is 15.5. The van der Waals surface area contributed by atoms with Gasteiger partial charge < -0.3 is 24.4 Å². The van der Waals surface area contributed by atoms with Gasteiger partial charge in [-0.25, -0.2) is 0 Å². The van der Waals surface area contributed by atoms with Gasteiger partial charge in [-0.05, 0) is 6.07 Å². The predicted octanol–water partition coefficient (Wildman–Crippen LogP) is -1.23. The second-order valence-corrected chi connectivity index (χ2v) is 7.64. The van der Waals surface area contributed by atoms with Crippen LogP contribution in [0.4, 0.5) is 0 Å². The van der Waals surface area contributed by atoms with E-state index < -0.39 is 25.1 Å². The van der Waals surface area contributed by atoms with Crippen LogP contribution in [0, 0.1) is 0 Å². The van der Waals surface area contributed by atoms with E-state index in [2.05, 4.69) is 15.7 Å². The first-order valence-electron chi connectivity index (χ1n) is 4.25. The minimum Gasteiger partial charge on any atom is -0.400 e. The highest BCUT2D eigenvalue weighted by molar-refractivity contribution is 7.68. The lowest BCUT2D eigenvalue weighted by molar-refractivity contribution is 0.336. The van der Waals surface area contributed by atoms with Crippen molar-refractivity contribution >= 4 is 42.9 Å². The molecule has 0 amide bonds. The molecule has 1 aromatic heterocycles. The largest absolute Gasteiger partial charge is 0.400 e. The van der Waals surface area contributed by atoms with E-state index in [0.29, 0.717) is 11.3 Å². The fraction of sp³-hybridized carbons (Fsp3) is 0.167. The molecule has 1 aromatic rings. The van der Waals surface area contributed by atoms with E-state index in [4.69, 9.17) is 19.6 Å². The average Bonchev–Trinajstić information content (AvgIpc) is 2.61. The van der Waals surface area contributed by atoms with Gasteiger partial charge in [0.15, 0.2) is 6.40 Å². The maximum absolute atomic E-state index is 11.2. The Hall–Kier alpha value is -0.570. The fourth-order valence-electron chi connectivity index (χ4n) is 1.07. The van der Waals surface area contributed by atoms with E-state index in [1.165, 1.54) is 0 Å². The molecular weight excluding hydrogens is 306 g/mol. The Morgan fingerprint density at radius 3 is 2.39 bits per heavy atom. The van der Waals surface area contributed by atoms with Gasteiger partial charge in [0, 0.05) is 4.88 Å². The predicted molar refractivity (Wildman–Crippen MR) is 65.1 cm³/mol. The second-order valence-electron chi connectivity index (χ2n) is 3.06. The van der Waals surface area contributed by atoms with Crippen molar-refractivity contribution in [1.29, 1.82) is 0 Å². The van der Waals surface area contributed by atoms with Crippen molar-refractivity contribution < 1.29 is 33.5 Å². The van der Waals surface area contributed by atoms with Crippen LogP contribution in [-0.2, 0) is 20.5 Å². The zero-order valence-corrected chi connectivity index (χ0v) is 11.3. The molecule has 1 rings (SSSR count). The normalized spacial score (nSPS) is 13.2. The smallest absolute Gasteiger partial charge is 0.366 e. The van der Waals surface area contributed by atoms with E-state index in [9.17, 15) is 9.13 Å². The van der Waals surface area contributed by atoms with Crippen LogP contribution >= 0.6 is 26.5 Å². The zero-order valence-electron chi connectivity index (χ0n) is 8.70. The van der Waals surface area contributed by atoms with Gasteiger partial charge in [-0.2, -0.15) is 5.90 Å². The molecule has 0 spiro atoms. The topological polar surface area (TPSA) is 163 Å². The Balaban J connectivity index is 3.22. The molecule has 0 aromatic carbocycles. The minimum absolute atomic E-state index is 0.0370. The molecule has 0 aliphatic rings. The lowest BCUT2D eigenvalue weighted by Crippen LogP contribution is -2.07. The first-order valence-corrected chi connectivity index (χ1v) is 8.29. The Morgan fingerprint density at radius 2 is 1.94 bits per heavy atom. The highest BCUT2D eigenvalue weighted by Gasteiger charge is 2.29. The highest BCUT2D eigenvalue weighted by Crippen LogP contribution is 2.41. The van der Waals surface area contributed by atoms with Crippen molar-refractivity contribution in [2.75, 3.05) is 0 Å². The molecule has 0 radical (unpaired) electrons. The molecule has 0 bridgehead atoms. The van der Waals surface area contributed by atoms with Crippen molar-refractivity contribution in [2.45, 2.75) is 6.54 Å². The number of hydrogen-bond donors (Lipinski definition) is 5. The van der Waals surface area contributed by atoms with Gasteiger partial charge in [-0.3, -0.25) is 14.1 Å². The average molecular weight is 316 g/mol. The summed E-state index contributed by atoms with van der Waals surface area (Å²) >= 11 is 0.578. The summed E-state index contributed by atoms with van der Waals surface area (Å²) in [4.78, 5) is 43.7. The van der Waals surface area contributed by atoms with Gasteiger partial charge in [-0.1, -0.05) is 0 Å². The third-order valence-electron chi connectivity index (χ3n) is 1.74. The summed E-state index contributed by atoms with van der Waals surface area (Å²) in [6.07, 6.45) is 0.848. The summed E-state index contributed by atoms with van der Waals surface area (Å²) in [5.41, 5.74) is 0. The van der Waals surface area contributed by atoms with Gasteiger partial charge in [-0.15, -0.1) is 11.3 Å². The van der Waals surface area contributed by atoms with Crippen LogP contribution in [0.3, 0.4) is 0 Å². The SMILES string of the molecule is NOC=NCc1sc(P(=O)(O)O)cc1P(=O)(O)O. The van der Waals surface area contributed by atoms with Crippen molar-refractivity contribution in [2.24, 2.45) is 10.9 Å². The van der Waals surface area contributed by atoms with Crippen LogP contribution in [0.15, 0.2) is 11.1 Å². The van der Waals surface area contributed by atoms with Crippen LogP contribution < -0.4 is 15.8 Å². The van der Waals surface area contributed by atoms with Gasteiger partial charge in [0.1, 0.15) is 4.62 Å². The second kappa shape index (κ2) is 5.60. The lowest BCUT2D eigenvalue weighted by Gasteiger charge is -2.02. The third-order valence-corrected chi connectivity index (χ3v) is 5.54. The Bertz CT molecular complexity index is 544. The highest BCUT2D eigenvalue weighted by atomic mass is 32.1. The van der Waals surface area contributed by atoms with Crippen LogP contribution in [0.25, 0.3) is 0 Å². The lowest BCUT2D eigenvalue weighted by atomic mass is 10.5. The summed E-state index contributed by atoms with van der Waals surface area (Å²) < 4.78 is 21.8. The van der Waals surface area contributed by atoms with Crippen molar-refractivity contribution in [3.63, 3.8) is 0 Å². The Kier molecular flexibility index (Phi) is 4.82. The molecule has 0 unspecified atom stereocenters. The molecule has 0 aliphatic heterocycles. The molecule has 0 saturated heterocycles. The molecule has 9 nitrogen and oxygen atoms in total. The molecule has 12 heteroatoms. The molecule has 1 heterocycles. The molecule has 18 heavy (non-hydrogen) atoms. The number of nitrogens with zero attached hydrogens (tertiary/aromatic N) is 1. The van der Waals surface area contributed by atoms with Gasteiger partial charge in [0.25, 0.3) is 0 Å². The number of nitrogens with two attached hydrogens (primary N) is 1. The van der Waals surface area contributed by atoms with Crippen LogP contribution in [0.5, 0.6) is 0 Å². The monoisotopic (exact) mass is 316 g/mol. The van der Waals surface area contributed by atoms with E-state index in [0.717, 1.165) is 12.5 Å². The molecule has 0 fully saturated rings. The Morgan fingerprint density at radius 1 is 1.33 bits per heavy atom. The van der Waals surface area contributed by atoms with Gasteiger partial charge in [0.2, 0.25) is 0 Å². The van der Waals surface area contributed by atoms with Crippen LogP contribution in [0.2, 0.25) is 0 Å². The first-order chi connectivity index (χ1) is 8.16. The van der Waals surface area contributed by atoms with E-state index in [-0.39, 0.29) is 11.4 Å². The molecular formula is C6H10N2O7P2S. The zero-order chi connectivity index (χ0) is 14.0. The quantitative estimate of drug-likeness (QED) is 0.195. The summed E-state index contributed by atoms with van der Waals surface area (Å²) in [6.45, 7) is -0.206. The number of aliphatic imine (C=N–C) groups is 1. The van der Waals surface area contributed by atoms with Crippen molar-refractivity contribution in [1.82, 2.24) is 0 Å². The van der Waals surface area contributed by atoms with Crippen molar-refractivity contribution in [3.8, 4) is 0 Å². The summed E-state index contributed by atoms with van der Waals surface area (Å²) in [5.74, 6) is 4.67. The Labute approximate surface area is 105 Å². The maximum Gasteiger partial charge on any atom is 0.366 e. The molecule has 6 N–H and O–H groups in total. The van der Waals surface area contributed by atoms with Crippen LogP contribution in [0.1, 0.15) is 4.88 Å². The van der Waals surface area contributed by atoms with Gasteiger partial charge in [0.05, 0.1) is 11.8 Å². The van der Waals surface area contributed by atoms with E-state index >= 15 is 0 Å². The summed E-state index contributed by atoms with van der Waals surface area (Å²) in [6, 6.07) is 0.792. The maximum atomic E-state index is 11.2. The van der Waals surface area contributed by atoms with Crippen molar-refractivity contribution in [3.05, 3.63) is 10.9 Å². The van der Waals surface area contributed by atoms with E-state index in [1.54, 1.807) is 0 Å². The minimum atomic E-state index is -4.63. The number of rotatable bonds is 5. The summed E-state index contributed by atoms with van der Waals surface area (Å²) in [5, 5.41) is -0.458. The third kappa shape index (κ3) is 3.98. The fourth-order valence-corrected chi connectivity index (χ4v) is 4.28. The number of thiophene rings is 1. The number of hydrogen-bond acceptors (Lipinski definition) is 6.